The molecule has 0 amide bonds. The molecule has 2 aliphatic heterocycles. The van der Waals surface area contributed by atoms with Gasteiger partial charge in [-0.2, -0.15) is 0 Å². The number of methoxy groups -OCH3 is 1. The molecule has 1 aromatic heterocycles. The van der Waals surface area contributed by atoms with Gasteiger partial charge in [-0.15, -0.1) is 0 Å². The molecule has 2 fully saturated rings. The average molecular weight is 293 g/mol. The molecule has 21 heavy (non-hydrogen) atoms. The molecule has 118 valence electrons. The molecule has 2 aliphatic rings. The van der Waals surface area contributed by atoms with E-state index in [2.05, 4.69) is 14.8 Å². The predicted molar refractivity (Wildman–Crippen MR) is 81.3 cm³/mol. The molecular formula is C16H27N3O2. The molecule has 0 aliphatic carbocycles. The predicted octanol–water partition coefficient (Wildman–Crippen LogP) is 1.98. The number of likely N-dealkylation sites (tertiary alicyclic amines) is 2. The van der Waals surface area contributed by atoms with Crippen molar-refractivity contribution in [2.75, 3.05) is 33.3 Å². The van der Waals surface area contributed by atoms with Crippen molar-refractivity contribution in [1.82, 2.24) is 14.8 Å². The number of oxazole rings is 1. The quantitative estimate of drug-likeness (QED) is 0.830. The number of nitrogens with zero attached hydrogens (tertiary/aromatic N) is 3. The lowest BCUT2D eigenvalue weighted by atomic mass is 10.2. The van der Waals surface area contributed by atoms with Crippen LogP contribution in [0.1, 0.15) is 36.6 Å². The van der Waals surface area contributed by atoms with Crippen molar-refractivity contribution in [3.63, 3.8) is 0 Å². The molecule has 5 heteroatoms. The highest BCUT2D eigenvalue weighted by atomic mass is 16.5. The molecule has 3 rings (SSSR count). The van der Waals surface area contributed by atoms with E-state index in [4.69, 9.17) is 9.15 Å². The summed E-state index contributed by atoms with van der Waals surface area (Å²) in [7, 11) is 1.82. The molecule has 0 spiro atoms. The standard InChI is InChI=1S/C16H27N3O2/c1-12-13(2)21-16(17-12)11-19-10-15(20-3)8-14(19)9-18-6-4-5-7-18/h14-15H,4-11H2,1-3H3/t14-,15-/m0/s1. The SMILES string of the molecule is CO[C@H]1C[C@@H](CN2CCCC2)N(Cc2nc(C)c(C)o2)C1. The average Bonchev–Trinajstić information content (AvgIpc) is 3.15. The summed E-state index contributed by atoms with van der Waals surface area (Å²) in [4.78, 5) is 9.60. The van der Waals surface area contributed by atoms with Crippen LogP contribution in [0, 0.1) is 13.8 Å². The van der Waals surface area contributed by atoms with Crippen LogP contribution in [0.5, 0.6) is 0 Å². The molecule has 2 atom stereocenters. The Morgan fingerprint density at radius 1 is 1.29 bits per heavy atom. The van der Waals surface area contributed by atoms with Gasteiger partial charge in [0.1, 0.15) is 5.76 Å². The van der Waals surface area contributed by atoms with Crippen LogP contribution in [-0.4, -0.2) is 60.2 Å². The maximum atomic E-state index is 5.76. The monoisotopic (exact) mass is 293 g/mol. The fraction of sp³-hybridized carbons (Fsp3) is 0.812. The van der Waals surface area contributed by atoms with Crippen molar-refractivity contribution in [2.24, 2.45) is 0 Å². The van der Waals surface area contributed by atoms with Crippen molar-refractivity contribution in [3.8, 4) is 0 Å². The molecule has 0 aromatic carbocycles. The third-order valence-corrected chi connectivity index (χ3v) is 4.90. The number of ether oxygens (including phenoxy) is 1. The first-order valence-corrected chi connectivity index (χ1v) is 8.08. The fourth-order valence-electron chi connectivity index (χ4n) is 3.54. The van der Waals surface area contributed by atoms with Gasteiger partial charge < -0.3 is 14.1 Å². The molecule has 3 heterocycles. The summed E-state index contributed by atoms with van der Waals surface area (Å²) in [5.41, 5.74) is 1.00. The van der Waals surface area contributed by atoms with Gasteiger partial charge in [0.2, 0.25) is 5.89 Å². The van der Waals surface area contributed by atoms with E-state index in [1.807, 2.05) is 21.0 Å². The summed E-state index contributed by atoms with van der Waals surface area (Å²) in [6.07, 6.45) is 4.15. The van der Waals surface area contributed by atoms with Gasteiger partial charge in [-0.25, -0.2) is 4.98 Å². The highest BCUT2D eigenvalue weighted by Gasteiger charge is 2.34. The Hall–Kier alpha value is -0.910. The highest BCUT2D eigenvalue weighted by molar-refractivity contribution is 5.05. The lowest BCUT2D eigenvalue weighted by molar-refractivity contribution is 0.105. The zero-order chi connectivity index (χ0) is 14.8. The Labute approximate surface area is 127 Å². The molecule has 5 nitrogen and oxygen atoms in total. The van der Waals surface area contributed by atoms with Crippen molar-refractivity contribution in [2.45, 2.75) is 51.8 Å². The molecule has 0 N–H and O–H groups in total. The minimum Gasteiger partial charge on any atom is -0.444 e. The van der Waals surface area contributed by atoms with E-state index in [0.717, 1.165) is 43.4 Å². The van der Waals surface area contributed by atoms with E-state index in [9.17, 15) is 0 Å². The van der Waals surface area contributed by atoms with Crippen LogP contribution in [0.3, 0.4) is 0 Å². The summed E-state index contributed by atoms with van der Waals surface area (Å²) < 4.78 is 11.3. The second kappa shape index (κ2) is 6.46. The molecule has 1 aromatic rings. The first-order valence-electron chi connectivity index (χ1n) is 8.08. The van der Waals surface area contributed by atoms with E-state index in [0.29, 0.717) is 12.1 Å². The van der Waals surface area contributed by atoms with Gasteiger partial charge in [0.15, 0.2) is 0 Å². The van der Waals surface area contributed by atoms with Crippen LogP contribution < -0.4 is 0 Å². The Bertz CT molecular complexity index is 449. The molecular weight excluding hydrogens is 266 g/mol. The van der Waals surface area contributed by atoms with Crippen LogP contribution in [-0.2, 0) is 11.3 Å². The van der Waals surface area contributed by atoms with Crippen LogP contribution in [0.15, 0.2) is 4.42 Å². The van der Waals surface area contributed by atoms with E-state index in [-0.39, 0.29) is 0 Å². The molecule has 0 saturated carbocycles. The van der Waals surface area contributed by atoms with Crippen LogP contribution in [0.2, 0.25) is 0 Å². The molecule has 0 bridgehead atoms. The van der Waals surface area contributed by atoms with Gasteiger partial charge in [-0.1, -0.05) is 0 Å². The van der Waals surface area contributed by atoms with Gasteiger partial charge >= 0.3 is 0 Å². The largest absolute Gasteiger partial charge is 0.444 e. The van der Waals surface area contributed by atoms with Crippen molar-refractivity contribution in [1.29, 1.82) is 0 Å². The summed E-state index contributed by atoms with van der Waals surface area (Å²) in [6, 6.07) is 0.556. The Morgan fingerprint density at radius 2 is 2.05 bits per heavy atom. The van der Waals surface area contributed by atoms with Crippen molar-refractivity contribution < 1.29 is 9.15 Å². The van der Waals surface area contributed by atoms with Gasteiger partial charge in [-0.05, 0) is 46.2 Å². The van der Waals surface area contributed by atoms with E-state index >= 15 is 0 Å². The number of aryl methyl sites for hydroxylation is 2. The highest BCUT2D eigenvalue weighted by Crippen LogP contribution is 2.24. The number of hydrogen-bond donors (Lipinski definition) is 0. The van der Waals surface area contributed by atoms with Crippen molar-refractivity contribution in [3.05, 3.63) is 17.3 Å². The van der Waals surface area contributed by atoms with E-state index in [1.165, 1.54) is 25.9 Å². The first kappa shape index (κ1) is 15.0. The minimum atomic E-state index is 0.342. The van der Waals surface area contributed by atoms with Gasteiger partial charge in [-0.3, -0.25) is 4.90 Å². The lowest BCUT2D eigenvalue weighted by Gasteiger charge is -2.27. The molecule has 2 saturated heterocycles. The van der Waals surface area contributed by atoms with E-state index < -0.39 is 0 Å². The Kier molecular flexibility index (Phi) is 4.62. The van der Waals surface area contributed by atoms with Crippen LogP contribution in [0.25, 0.3) is 0 Å². The number of aromatic nitrogens is 1. The Balaban J connectivity index is 1.64. The zero-order valence-corrected chi connectivity index (χ0v) is 13.5. The summed E-state index contributed by atoms with van der Waals surface area (Å²) >= 11 is 0. The maximum absolute atomic E-state index is 5.76. The summed E-state index contributed by atoms with van der Waals surface area (Å²) in [6.45, 7) is 9.42. The smallest absolute Gasteiger partial charge is 0.208 e. The number of rotatable bonds is 5. The second-order valence-electron chi connectivity index (χ2n) is 6.43. The lowest BCUT2D eigenvalue weighted by Crippen LogP contribution is -2.39. The van der Waals surface area contributed by atoms with Crippen LogP contribution in [0.4, 0.5) is 0 Å². The topological polar surface area (TPSA) is 41.7 Å². The maximum Gasteiger partial charge on any atom is 0.208 e. The normalized spacial score (nSPS) is 27.8. The number of hydrogen-bond acceptors (Lipinski definition) is 5. The minimum absolute atomic E-state index is 0.342. The Morgan fingerprint density at radius 3 is 2.67 bits per heavy atom. The van der Waals surface area contributed by atoms with Crippen molar-refractivity contribution >= 4 is 0 Å². The molecule has 0 radical (unpaired) electrons. The molecule has 0 unspecified atom stereocenters. The van der Waals surface area contributed by atoms with Crippen LogP contribution >= 0.6 is 0 Å². The van der Waals surface area contributed by atoms with Gasteiger partial charge in [0.25, 0.3) is 0 Å². The third kappa shape index (κ3) is 3.47. The third-order valence-electron chi connectivity index (χ3n) is 4.90. The second-order valence-corrected chi connectivity index (χ2v) is 6.43. The zero-order valence-electron chi connectivity index (χ0n) is 13.5. The summed E-state index contributed by atoms with van der Waals surface area (Å²) in [5, 5.41) is 0. The first-order chi connectivity index (χ1) is 10.2. The summed E-state index contributed by atoms with van der Waals surface area (Å²) in [5.74, 6) is 1.77. The van der Waals surface area contributed by atoms with Gasteiger partial charge in [0, 0.05) is 26.2 Å². The van der Waals surface area contributed by atoms with E-state index in [1.54, 1.807) is 0 Å². The fourth-order valence-corrected chi connectivity index (χ4v) is 3.54. The van der Waals surface area contributed by atoms with Gasteiger partial charge in [0.05, 0.1) is 18.3 Å².